The first-order chi connectivity index (χ1) is 14.9. The fourth-order valence-corrected chi connectivity index (χ4v) is 4.83. The number of benzene rings is 2. The zero-order valence-corrected chi connectivity index (χ0v) is 18.3. The van der Waals surface area contributed by atoms with Gasteiger partial charge in [0.05, 0.1) is 12.0 Å². The van der Waals surface area contributed by atoms with E-state index in [1.807, 2.05) is 12.1 Å². The summed E-state index contributed by atoms with van der Waals surface area (Å²) in [6.07, 6.45) is 2.27. The number of hydrogen-bond donors (Lipinski definition) is 2. The van der Waals surface area contributed by atoms with Gasteiger partial charge in [-0.15, -0.1) is 0 Å². The largest absolute Gasteiger partial charge is 0.497 e. The van der Waals surface area contributed by atoms with E-state index in [0.717, 1.165) is 29.7 Å². The fraction of sp³-hybridized carbons (Fsp3) is 0.364. The first-order valence-electron chi connectivity index (χ1n) is 10.2. The molecule has 1 saturated heterocycles. The lowest BCUT2D eigenvalue weighted by atomic mass is 10.1. The van der Waals surface area contributed by atoms with Crippen LogP contribution in [0, 0.1) is 0 Å². The minimum absolute atomic E-state index is 0.239. The maximum atomic E-state index is 12.5. The molecule has 1 heterocycles. The second-order valence-corrected chi connectivity index (χ2v) is 9.23. The number of sulfonamides is 1. The summed E-state index contributed by atoms with van der Waals surface area (Å²) < 4.78 is 31.7. The van der Waals surface area contributed by atoms with E-state index in [1.165, 1.54) is 4.31 Å². The van der Waals surface area contributed by atoms with Crippen LogP contribution in [-0.2, 0) is 32.6 Å². The van der Waals surface area contributed by atoms with E-state index < -0.39 is 21.8 Å². The normalized spacial score (nSPS) is 14.2. The SMILES string of the molecule is COc1ccc(CNC(=O)C(=O)NCCc2ccc(S(=O)(=O)N3CCCC3)cc2)cc1. The van der Waals surface area contributed by atoms with E-state index in [9.17, 15) is 18.0 Å². The van der Waals surface area contributed by atoms with Crippen LogP contribution < -0.4 is 15.4 Å². The summed E-state index contributed by atoms with van der Waals surface area (Å²) in [6, 6.07) is 13.8. The van der Waals surface area contributed by atoms with Gasteiger partial charge >= 0.3 is 11.8 Å². The van der Waals surface area contributed by atoms with Gasteiger partial charge < -0.3 is 15.4 Å². The van der Waals surface area contributed by atoms with Crippen molar-refractivity contribution in [2.75, 3.05) is 26.7 Å². The highest BCUT2D eigenvalue weighted by Crippen LogP contribution is 2.21. The van der Waals surface area contributed by atoms with Crippen molar-refractivity contribution < 1.29 is 22.7 Å². The zero-order chi connectivity index (χ0) is 22.3. The number of ether oxygens (including phenoxy) is 1. The Morgan fingerprint density at radius 2 is 1.48 bits per heavy atom. The molecule has 1 aliphatic heterocycles. The molecule has 0 aromatic heterocycles. The molecule has 0 saturated carbocycles. The van der Waals surface area contributed by atoms with Crippen LogP contribution in [0.25, 0.3) is 0 Å². The van der Waals surface area contributed by atoms with Crippen molar-refractivity contribution in [3.63, 3.8) is 0 Å². The van der Waals surface area contributed by atoms with Crippen molar-refractivity contribution >= 4 is 21.8 Å². The van der Waals surface area contributed by atoms with Crippen molar-refractivity contribution in [1.82, 2.24) is 14.9 Å². The average Bonchev–Trinajstić information content (AvgIpc) is 3.34. The summed E-state index contributed by atoms with van der Waals surface area (Å²) in [4.78, 5) is 24.2. The number of nitrogens with one attached hydrogen (secondary N) is 2. The van der Waals surface area contributed by atoms with Crippen LogP contribution in [0.2, 0.25) is 0 Å². The van der Waals surface area contributed by atoms with Gasteiger partial charge in [0.1, 0.15) is 5.75 Å². The molecule has 2 aromatic rings. The van der Waals surface area contributed by atoms with Crippen LogP contribution in [0.1, 0.15) is 24.0 Å². The third-order valence-electron chi connectivity index (χ3n) is 5.14. The Balaban J connectivity index is 1.42. The van der Waals surface area contributed by atoms with Gasteiger partial charge in [0.2, 0.25) is 10.0 Å². The van der Waals surface area contributed by atoms with Crippen LogP contribution in [0.4, 0.5) is 0 Å². The van der Waals surface area contributed by atoms with E-state index >= 15 is 0 Å². The molecular weight excluding hydrogens is 418 g/mol. The van der Waals surface area contributed by atoms with Gasteiger partial charge in [0.25, 0.3) is 0 Å². The second kappa shape index (κ2) is 10.4. The summed E-state index contributed by atoms with van der Waals surface area (Å²) in [5.74, 6) is -0.695. The van der Waals surface area contributed by atoms with Crippen molar-refractivity contribution in [2.45, 2.75) is 30.7 Å². The first-order valence-corrected chi connectivity index (χ1v) is 11.6. The number of nitrogens with zero attached hydrogens (tertiary/aromatic N) is 1. The summed E-state index contributed by atoms with van der Waals surface area (Å²) in [6.45, 7) is 1.64. The molecule has 0 atom stereocenters. The highest BCUT2D eigenvalue weighted by Gasteiger charge is 2.26. The zero-order valence-electron chi connectivity index (χ0n) is 17.5. The number of hydrogen-bond acceptors (Lipinski definition) is 5. The lowest BCUT2D eigenvalue weighted by Gasteiger charge is -2.15. The lowest BCUT2D eigenvalue weighted by molar-refractivity contribution is -0.139. The molecule has 8 nitrogen and oxygen atoms in total. The number of methoxy groups -OCH3 is 1. The lowest BCUT2D eigenvalue weighted by Crippen LogP contribution is -2.40. The summed E-state index contributed by atoms with van der Waals surface area (Å²) in [5.41, 5.74) is 1.73. The Morgan fingerprint density at radius 3 is 2.10 bits per heavy atom. The quantitative estimate of drug-likeness (QED) is 0.599. The molecule has 166 valence electrons. The third kappa shape index (κ3) is 6.05. The van der Waals surface area contributed by atoms with Crippen molar-refractivity contribution in [1.29, 1.82) is 0 Å². The Labute approximate surface area is 182 Å². The number of carbonyl (C=O) groups is 2. The minimum atomic E-state index is -3.43. The molecular formula is C22H27N3O5S. The van der Waals surface area contributed by atoms with Crippen LogP contribution in [0.15, 0.2) is 53.4 Å². The highest BCUT2D eigenvalue weighted by atomic mass is 32.2. The Morgan fingerprint density at radius 1 is 0.903 bits per heavy atom. The Hall–Kier alpha value is -2.91. The molecule has 2 amide bonds. The van der Waals surface area contributed by atoms with Gasteiger partial charge in [0, 0.05) is 26.2 Å². The van der Waals surface area contributed by atoms with Gasteiger partial charge in [-0.3, -0.25) is 9.59 Å². The van der Waals surface area contributed by atoms with Crippen LogP contribution in [-0.4, -0.2) is 51.3 Å². The molecule has 1 fully saturated rings. The average molecular weight is 446 g/mol. The number of amides is 2. The first kappa shape index (κ1) is 22.8. The summed E-state index contributed by atoms with van der Waals surface area (Å²) in [5, 5.41) is 5.15. The van der Waals surface area contributed by atoms with Crippen LogP contribution in [0.3, 0.4) is 0 Å². The third-order valence-corrected chi connectivity index (χ3v) is 7.06. The molecule has 31 heavy (non-hydrogen) atoms. The summed E-state index contributed by atoms with van der Waals surface area (Å²) in [7, 11) is -1.85. The molecule has 0 aliphatic carbocycles. The summed E-state index contributed by atoms with van der Waals surface area (Å²) >= 11 is 0. The molecule has 0 bridgehead atoms. The number of carbonyl (C=O) groups excluding carboxylic acids is 2. The maximum absolute atomic E-state index is 12.5. The van der Waals surface area contributed by atoms with E-state index in [2.05, 4.69) is 10.6 Å². The Bertz CT molecular complexity index is 998. The molecule has 9 heteroatoms. The molecule has 2 aromatic carbocycles. The topological polar surface area (TPSA) is 105 Å². The maximum Gasteiger partial charge on any atom is 0.309 e. The molecule has 3 rings (SSSR count). The van der Waals surface area contributed by atoms with Crippen molar-refractivity contribution in [3.8, 4) is 5.75 Å². The fourth-order valence-electron chi connectivity index (χ4n) is 3.31. The molecule has 0 spiro atoms. The van der Waals surface area contributed by atoms with Crippen LogP contribution >= 0.6 is 0 Å². The van der Waals surface area contributed by atoms with Crippen LogP contribution in [0.5, 0.6) is 5.75 Å². The predicted molar refractivity (Wildman–Crippen MR) is 116 cm³/mol. The Kier molecular flexibility index (Phi) is 7.64. The number of rotatable bonds is 8. The molecule has 1 aliphatic rings. The van der Waals surface area contributed by atoms with Crippen molar-refractivity contribution in [2.24, 2.45) is 0 Å². The highest BCUT2D eigenvalue weighted by molar-refractivity contribution is 7.89. The monoisotopic (exact) mass is 445 g/mol. The molecule has 0 unspecified atom stereocenters. The van der Waals surface area contributed by atoms with Gasteiger partial charge in [-0.1, -0.05) is 24.3 Å². The van der Waals surface area contributed by atoms with E-state index in [1.54, 1.807) is 43.5 Å². The molecule has 2 N–H and O–H groups in total. The van der Waals surface area contributed by atoms with Gasteiger partial charge in [-0.25, -0.2) is 8.42 Å². The minimum Gasteiger partial charge on any atom is -0.497 e. The standard InChI is InChI=1S/C22H27N3O5S/c1-30-19-8-4-18(5-9-19)16-24-22(27)21(26)23-13-12-17-6-10-20(11-7-17)31(28,29)25-14-2-3-15-25/h4-11H,2-3,12-16H2,1H3,(H,23,26)(H,24,27). The van der Waals surface area contributed by atoms with Gasteiger partial charge in [-0.05, 0) is 54.7 Å². The predicted octanol–water partition coefficient (Wildman–Crippen LogP) is 1.45. The van der Waals surface area contributed by atoms with E-state index in [0.29, 0.717) is 19.5 Å². The van der Waals surface area contributed by atoms with E-state index in [-0.39, 0.29) is 18.0 Å². The smallest absolute Gasteiger partial charge is 0.309 e. The van der Waals surface area contributed by atoms with Gasteiger partial charge in [-0.2, -0.15) is 4.31 Å². The van der Waals surface area contributed by atoms with Gasteiger partial charge in [0.15, 0.2) is 0 Å². The van der Waals surface area contributed by atoms with E-state index in [4.69, 9.17) is 4.74 Å². The molecule has 0 radical (unpaired) electrons. The second-order valence-electron chi connectivity index (χ2n) is 7.29. The van der Waals surface area contributed by atoms with Crippen molar-refractivity contribution in [3.05, 3.63) is 59.7 Å².